The van der Waals surface area contributed by atoms with Crippen LogP contribution in [0.15, 0.2) is 24.3 Å². The molecule has 0 spiro atoms. The maximum atomic E-state index is 13.0. The number of hydrogen-bond acceptors (Lipinski definition) is 3. The molecule has 3 unspecified atom stereocenters. The Morgan fingerprint density at radius 2 is 1.74 bits per heavy atom. The molecule has 1 aromatic rings. The molecular weight excluding hydrogens is 352 g/mol. The van der Waals surface area contributed by atoms with Crippen molar-refractivity contribution in [1.29, 1.82) is 0 Å². The summed E-state index contributed by atoms with van der Waals surface area (Å²) in [6, 6.07) is 8.18. The lowest BCUT2D eigenvalue weighted by molar-refractivity contribution is -0.150. The van der Waals surface area contributed by atoms with Gasteiger partial charge in [0.2, 0.25) is 0 Å². The van der Waals surface area contributed by atoms with Crippen molar-refractivity contribution in [2.45, 2.75) is 71.5 Å². The van der Waals surface area contributed by atoms with Gasteiger partial charge in [-0.2, -0.15) is 11.8 Å². The molecule has 3 rings (SSSR count). The third-order valence-electron chi connectivity index (χ3n) is 6.83. The van der Waals surface area contributed by atoms with Crippen molar-refractivity contribution in [3.05, 3.63) is 29.8 Å². The highest BCUT2D eigenvalue weighted by Crippen LogP contribution is 2.51. The maximum absolute atomic E-state index is 13.0. The Balaban J connectivity index is 1.65. The minimum atomic E-state index is -0.315. The van der Waals surface area contributed by atoms with Crippen LogP contribution < -0.4 is 4.74 Å². The van der Waals surface area contributed by atoms with Crippen LogP contribution >= 0.6 is 11.8 Å². The van der Waals surface area contributed by atoms with Crippen LogP contribution in [0.1, 0.15) is 77.0 Å². The van der Waals surface area contributed by atoms with Gasteiger partial charge in [0.15, 0.2) is 0 Å². The van der Waals surface area contributed by atoms with Crippen molar-refractivity contribution in [2.75, 3.05) is 6.26 Å². The number of benzene rings is 1. The summed E-state index contributed by atoms with van der Waals surface area (Å²) in [6.07, 6.45) is 9.36. The van der Waals surface area contributed by atoms with Crippen LogP contribution in [0.25, 0.3) is 0 Å². The van der Waals surface area contributed by atoms with Crippen molar-refractivity contribution in [3.63, 3.8) is 0 Å². The Bertz CT molecular complexity index is 622. The van der Waals surface area contributed by atoms with Gasteiger partial charge in [-0.25, -0.2) is 0 Å². The standard InChI is InChI=1S/C24H36O2S/c1-6-17-11-18-13-19(12-17)15-24(4,14-18)23(25)26-21-9-7-20(8-10-21)22(27-5)16(2)3/h7-10,16-19,22H,6,11-15H2,1-5H3. The average molecular weight is 389 g/mol. The zero-order valence-corrected chi connectivity index (χ0v) is 18.5. The highest BCUT2D eigenvalue weighted by Gasteiger charge is 2.46. The molecule has 0 amide bonds. The molecule has 2 bridgehead atoms. The Labute approximate surface area is 169 Å². The minimum Gasteiger partial charge on any atom is -0.426 e. The van der Waals surface area contributed by atoms with E-state index in [9.17, 15) is 4.79 Å². The largest absolute Gasteiger partial charge is 0.426 e. The zero-order chi connectivity index (χ0) is 19.6. The zero-order valence-electron chi connectivity index (χ0n) is 17.7. The first-order chi connectivity index (χ1) is 12.8. The number of fused-ring (bicyclic) bond motifs is 2. The predicted octanol–water partition coefficient (Wildman–Crippen LogP) is 6.89. The van der Waals surface area contributed by atoms with Gasteiger partial charge < -0.3 is 4.74 Å². The van der Waals surface area contributed by atoms with Crippen molar-refractivity contribution in [3.8, 4) is 5.75 Å². The highest BCUT2D eigenvalue weighted by molar-refractivity contribution is 7.98. The van der Waals surface area contributed by atoms with E-state index >= 15 is 0 Å². The van der Waals surface area contributed by atoms with Crippen LogP contribution in [0, 0.1) is 29.1 Å². The van der Waals surface area contributed by atoms with E-state index in [2.05, 4.69) is 46.1 Å². The first-order valence-corrected chi connectivity index (χ1v) is 12.0. The number of rotatable bonds is 6. The summed E-state index contributed by atoms with van der Waals surface area (Å²) in [7, 11) is 0. The summed E-state index contributed by atoms with van der Waals surface area (Å²) in [5, 5.41) is 0.483. The average Bonchev–Trinajstić information content (AvgIpc) is 2.62. The van der Waals surface area contributed by atoms with Crippen LogP contribution in [-0.4, -0.2) is 12.2 Å². The van der Waals surface area contributed by atoms with Crippen LogP contribution in [0.2, 0.25) is 0 Å². The molecule has 27 heavy (non-hydrogen) atoms. The third kappa shape index (κ3) is 4.72. The van der Waals surface area contributed by atoms with Crippen molar-refractivity contribution in [1.82, 2.24) is 0 Å². The molecule has 0 heterocycles. The first kappa shape index (κ1) is 20.8. The van der Waals surface area contributed by atoms with E-state index in [1.807, 2.05) is 23.9 Å². The normalized spacial score (nSPS) is 31.6. The molecule has 2 aliphatic carbocycles. The predicted molar refractivity (Wildman–Crippen MR) is 115 cm³/mol. The molecule has 3 heteroatoms. The molecule has 150 valence electrons. The second-order valence-corrected chi connectivity index (χ2v) is 10.5. The van der Waals surface area contributed by atoms with E-state index in [1.165, 1.54) is 31.2 Å². The molecule has 2 nitrogen and oxygen atoms in total. The molecule has 2 saturated carbocycles. The van der Waals surface area contributed by atoms with Crippen molar-refractivity contribution < 1.29 is 9.53 Å². The summed E-state index contributed by atoms with van der Waals surface area (Å²) in [5.41, 5.74) is 0.992. The van der Waals surface area contributed by atoms with E-state index in [1.54, 1.807) is 0 Å². The van der Waals surface area contributed by atoms with Gasteiger partial charge in [0.05, 0.1) is 5.41 Å². The lowest BCUT2D eigenvalue weighted by atomic mass is 9.59. The van der Waals surface area contributed by atoms with E-state index in [-0.39, 0.29) is 11.4 Å². The molecule has 0 radical (unpaired) electrons. The molecule has 0 aliphatic heterocycles. The van der Waals surface area contributed by atoms with Crippen LogP contribution in [0.5, 0.6) is 5.75 Å². The van der Waals surface area contributed by atoms with Crippen molar-refractivity contribution >= 4 is 17.7 Å². The number of esters is 1. The maximum Gasteiger partial charge on any atom is 0.317 e. The van der Waals surface area contributed by atoms with Gasteiger partial charge in [-0.1, -0.05) is 39.3 Å². The van der Waals surface area contributed by atoms with Crippen LogP contribution in [-0.2, 0) is 4.79 Å². The summed E-state index contributed by atoms with van der Waals surface area (Å²) < 4.78 is 5.86. The molecule has 2 fully saturated rings. The summed E-state index contributed by atoms with van der Waals surface area (Å²) in [5.74, 6) is 3.53. The molecule has 0 N–H and O–H groups in total. The smallest absolute Gasteiger partial charge is 0.317 e. The van der Waals surface area contributed by atoms with Gasteiger partial charge in [-0.05, 0) is 86.7 Å². The van der Waals surface area contributed by atoms with Crippen LogP contribution in [0.4, 0.5) is 0 Å². The van der Waals surface area contributed by atoms with Gasteiger partial charge in [0.1, 0.15) is 5.75 Å². The minimum absolute atomic E-state index is 0.0230. The van der Waals surface area contributed by atoms with Crippen molar-refractivity contribution in [2.24, 2.45) is 29.1 Å². The van der Waals surface area contributed by atoms with E-state index in [0.29, 0.717) is 28.8 Å². The Hall–Kier alpha value is -0.960. The van der Waals surface area contributed by atoms with Gasteiger partial charge in [0, 0.05) is 5.25 Å². The fourth-order valence-corrected chi connectivity index (χ4v) is 6.62. The summed E-state index contributed by atoms with van der Waals surface area (Å²) in [4.78, 5) is 13.0. The summed E-state index contributed by atoms with van der Waals surface area (Å²) >= 11 is 1.88. The van der Waals surface area contributed by atoms with Gasteiger partial charge >= 0.3 is 5.97 Å². The second-order valence-electron chi connectivity index (χ2n) is 9.54. The Morgan fingerprint density at radius 3 is 2.22 bits per heavy atom. The van der Waals surface area contributed by atoms with Gasteiger partial charge in [0.25, 0.3) is 0 Å². The van der Waals surface area contributed by atoms with E-state index in [0.717, 1.165) is 18.8 Å². The van der Waals surface area contributed by atoms with Gasteiger partial charge in [-0.15, -0.1) is 0 Å². The van der Waals surface area contributed by atoms with E-state index in [4.69, 9.17) is 4.74 Å². The fraction of sp³-hybridized carbons (Fsp3) is 0.708. The molecule has 2 aliphatic rings. The molecular formula is C24H36O2S. The fourth-order valence-electron chi connectivity index (χ4n) is 5.64. The second kappa shape index (κ2) is 8.59. The molecule has 3 atom stereocenters. The Morgan fingerprint density at radius 1 is 1.15 bits per heavy atom. The molecule has 1 aromatic carbocycles. The lowest BCUT2D eigenvalue weighted by Gasteiger charge is -2.46. The first-order valence-electron chi connectivity index (χ1n) is 10.7. The topological polar surface area (TPSA) is 26.3 Å². The highest BCUT2D eigenvalue weighted by atomic mass is 32.2. The SMILES string of the molecule is CCC1CC2CC(C1)CC(C)(C(=O)Oc1ccc(C(SC)C(C)C)cc1)C2. The number of ether oxygens (including phenoxy) is 1. The molecule has 0 aromatic heterocycles. The van der Waals surface area contributed by atoms with E-state index < -0.39 is 0 Å². The molecule has 0 saturated heterocycles. The van der Waals surface area contributed by atoms with Gasteiger partial charge in [-0.3, -0.25) is 4.79 Å². The van der Waals surface area contributed by atoms with Crippen LogP contribution in [0.3, 0.4) is 0 Å². The monoisotopic (exact) mass is 388 g/mol. The number of hydrogen-bond donors (Lipinski definition) is 0. The lowest BCUT2D eigenvalue weighted by Crippen LogP contribution is -2.43. The summed E-state index contributed by atoms with van der Waals surface area (Å²) in [6.45, 7) is 8.94. The quantitative estimate of drug-likeness (QED) is 0.392. The number of carbonyl (C=O) groups is 1. The Kier molecular flexibility index (Phi) is 6.61. The third-order valence-corrected chi connectivity index (χ3v) is 8.15. The number of thioether (sulfide) groups is 1. The number of carbonyl (C=O) groups excluding carboxylic acids is 1.